The molecular formula is C14H31NO3. The molecule has 2 atom stereocenters. The van der Waals surface area contributed by atoms with E-state index in [-0.39, 0.29) is 18.2 Å². The van der Waals surface area contributed by atoms with Crippen LogP contribution in [0.15, 0.2) is 0 Å². The molecule has 0 aromatic rings. The van der Waals surface area contributed by atoms with Gasteiger partial charge in [-0.3, -0.25) is 0 Å². The Bertz CT molecular complexity index is 190. The van der Waals surface area contributed by atoms with E-state index in [2.05, 4.69) is 19.2 Å². The topological polar surface area (TPSA) is 50.7 Å². The van der Waals surface area contributed by atoms with Gasteiger partial charge in [-0.1, -0.05) is 6.92 Å². The van der Waals surface area contributed by atoms with Crippen LogP contribution in [0.5, 0.6) is 0 Å². The third-order valence-corrected chi connectivity index (χ3v) is 2.98. The first-order valence-corrected chi connectivity index (χ1v) is 7.13. The van der Waals surface area contributed by atoms with Crippen LogP contribution in [0, 0.1) is 0 Å². The smallest absolute Gasteiger partial charge is 0.0780 e. The first-order chi connectivity index (χ1) is 8.58. The van der Waals surface area contributed by atoms with Crippen molar-refractivity contribution in [2.45, 2.75) is 58.6 Å². The molecule has 18 heavy (non-hydrogen) atoms. The summed E-state index contributed by atoms with van der Waals surface area (Å²) in [6.07, 6.45) is 3.10. The second-order valence-corrected chi connectivity index (χ2v) is 5.09. The van der Waals surface area contributed by atoms with E-state index in [0.717, 1.165) is 39.0 Å². The molecule has 0 fully saturated rings. The van der Waals surface area contributed by atoms with Crippen LogP contribution in [-0.4, -0.2) is 49.7 Å². The highest BCUT2D eigenvalue weighted by Gasteiger charge is 2.21. The van der Waals surface area contributed by atoms with Gasteiger partial charge in [0.15, 0.2) is 0 Å². The minimum atomic E-state index is -0.178. The lowest BCUT2D eigenvalue weighted by atomic mass is 9.97. The van der Waals surface area contributed by atoms with Gasteiger partial charge >= 0.3 is 0 Å². The monoisotopic (exact) mass is 261 g/mol. The molecule has 0 rings (SSSR count). The summed E-state index contributed by atoms with van der Waals surface area (Å²) in [5.41, 5.74) is -0.178. The van der Waals surface area contributed by atoms with Gasteiger partial charge in [-0.25, -0.2) is 0 Å². The van der Waals surface area contributed by atoms with Crippen molar-refractivity contribution in [3.8, 4) is 0 Å². The van der Waals surface area contributed by atoms with Crippen LogP contribution < -0.4 is 5.32 Å². The summed E-state index contributed by atoms with van der Waals surface area (Å²) >= 11 is 0. The van der Waals surface area contributed by atoms with Gasteiger partial charge in [-0.15, -0.1) is 0 Å². The highest BCUT2D eigenvalue weighted by atomic mass is 16.5. The maximum atomic E-state index is 9.41. The Hall–Kier alpha value is -0.160. The predicted octanol–water partition coefficient (Wildman–Crippen LogP) is 1.96. The van der Waals surface area contributed by atoms with E-state index in [9.17, 15) is 5.11 Å². The molecule has 2 unspecified atom stereocenters. The lowest BCUT2D eigenvalue weighted by Crippen LogP contribution is -2.46. The summed E-state index contributed by atoms with van der Waals surface area (Å²) in [7, 11) is 0. The normalized spacial score (nSPS) is 16.5. The Morgan fingerprint density at radius 2 is 2.06 bits per heavy atom. The van der Waals surface area contributed by atoms with Crippen molar-refractivity contribution < 1.29 is 14.6 Å². The van der Waals surface area contributed by atoms with Gasteiger partial charge in [-0.05, 0) is 46.6 Å². The third-order valence-electron chi connectivity index (χ3n) is 2.98. The van der Waals surface area contributed by atoms with Gasteiger partial charge < -0.3 is 19.9 Å². The Morgan fingerprint density at radius 1 is 1.33 bits per heavy atom. The van der Waals surface area contributed by atoms with E-state index >= 15 is 0 Å². The summed E-state index contributed by atoms with van der Waals surface area (Å²) in [6.45, 7) is 11.4. The fourth-order valence-electron chi connectivity index (χ4n) is 1.73. The zero-order valence-corrected chi connectivity index (χ0v) is 12.5. The van der Waals surface area contributed by atoms with Gasteiger partial charge in [-0.2, -0.15) is 0 Å². The van der Waals surface area contributed by atoms with Gasteiger partial charge in [0.05, 0.1) is 19.3 Å². The first-order valence-electron chi connectivity index (χ1n) is 7.13. The number of rotatable bonds is 12. The molecule has 0 heterocycles. The minimum Gasteiger partial charge on any atom is -0.394 e. The molecule has 0 aliphatic heterocycles. The second kappa shape index (κ2) is 10.7. The Kier molecular flexibility index (Phi) is 10.6. The fraction of sp³-hybridized carbons (Fsp3) is 1.00. The van der Waals surface area contributed by atoms with Crippen LogP contribution in [0.4, 0.5) is 0 Å². The van der Waals surface area contributed by atoms with Crippen molar-refractivity contribution in [1.82, 2.24) is 5.32 Å². The lowest BCUT2D eigenvalue weighted by Gasteiger charge is -2.29. The zero-order chi connectivity index (χ0) is 13.9. The largest absolute Gasteiger partial charge is 0.394 e. The summed E-state index contributed by atoms with van der Waals surface area (Å²) in [6, 6.07) is 0. The van der Waals surface area contributed by atoms with E-state index in [0.29, 0.717) is 6.61 Å². The van der Waals surface area contributed by atoms with Crippen molar-refractivity contribution in [3.63, 3.8) is 0 Å². The van der Waals surface area contributed by atoms with Gasteiger partial charge in [0.25, 0.3) is 0 Å². The number of aliphatic hydroxyl groups excluding tert-OH is 1. The van der Waals surface area contributed by atoms with Gasteiger partial charge in [0.2, 0.25) is 0 Å². The molecule has 0 amide bonds. The van der Waals surface area contributed by atoms with Crippen molar-refractivity contribution in [2.75, 3.05) is 33.0 Å². The van der Waals surface area contributed by atoms with Crippen LogP contribution in [0.1, 0.15) is 47.0 Å². The van der Waals surface area contributed by atoms with Crippen LogP contribution in [0.3, 0.4) is 0 Å². The van der Waals surface area contributed by atoms with Crippen LogP contribution in [0.2, 0.25) is 0 Å². The van der Waals surface area contributed by atoms with E-state index in [1.54, 1.807) is 0 Å². The summed E-state index contributed by atoms with van der Waals surface area (Å²) in [5.74, 6) is 0. The maximum Gasteiger partial charge on any atom is 0.0780 e. The van der Waals surface area contributed by atoms with Crippen LogP contribution in [0.25, 0.3) is 0 Å². The maximum absolute atomic E-state index is 9.41. The van der Waals surface area contributed by atoms with Crippen molar-refractivity contribution in [1.29, 1.82) is 0 Å². The average Bonchev–Trinajstić information content (AvgIpc) is 2.39. The molecular weight excluding hydrogens is 230 g/mol. The molecule has 0 saturated carbocycles. The molecule has 0 radical (unpaired) electrons. The summed E-state index contributed by atoms with van der Waals surface area (Å²) in [5, 5.41) is 12.8. The molecule has 110 valence electrons. The summed E-state index contributed by atoms with van der Waals surface area (Å²) < 4.78 is 10.9. The van der Waals surface area contributed by atoms with Crippen molar-refractivity contribution >= 4 is 0 Å². The SMILES string of the molecule is CCCNC(C)(CO)CCCOC(C)COCC. The van der Waals surface area contributed by atoms with Crippen molar-refractivity contribution in [2.24, 2.45) is 0 Å². The predicted molar refractivity (Wildman–Crippen MR) is 74.9 cm³/mol. The average molecular weight is 261 g/mol. The number of aliphatic hydroxyl groups is 1. The molecule has 0 aliphatic rings. The molecule has 4 heteroatoms. The Morgan fingerprint density at radius 3 is 2.61 bits per heavy atom. The van der Waals surface area contributed by atoms with E-state index < -0.39 is 0 Å². The van der Waals surface area contributed by atoms with Crippen molar-refractivity contribution in [3.05, 3.63) is 0 Å². The number of hydrogen-bond acceptors (Lipinski definition) is 4. The number of hydrogen-bond donors (Lipinski definition) is 2. The Balaban J connectivity index is 3.66. The van der Waals surface area contributed by atoms with Crippen LogP contribution in [-0.2, 0) is 9.47 Å². The molecule has 0 saturated heterocycles. The fourth-order valence-corrected chi connectivity index (χ4v) is 1.73. The highest BCUT2D eigenvalue weighted by molar-refractivity contribution is 4.81. The van der Waals surface area contributed by atoms with E-state index in [1.165, 1.54) is 0 Å². The molecule has 0 spiro atoms. The minimum absolute atomic E-state index is 0.147. The van der Waals surface area contributed by atoms with Gasteiger partial charge in [0.1, 0.15) is 0 Å². The number of ether oxygens (including phenoxy) is 2. The first kappa shape index (κ1) is 17.8. The van der Waals surface area contributed by atoms with Gasteiger partial charge in [0, 0.05) is 18.8 Å². The molecule has 0 aliphatic carbocycles. The molecule has 0 bridgehead atoms. The molecule has 4 nitrogen and oxygen atoms in total. The number of nitrogens with one attached hydrogen (secondary N) is 1. The molecule has 0 aromatic heterocycles. The highest BCUT2D eigenvalue weighted by Crippen LogP contribution is 2.12. The summed E-state index contributed by atoms with van der Waals surface area (Å²) in [4.78, 5) is 0. The molecule has 0 aromatic carbocycles. The standard InChI is InChI=1S/C14H31NO3/c1-5-9-15-14(4,12-16)8-7-10-18-13(3)11-17-6-2/h13,15-16H,5-12H2,1-4H3. The second-order valence-electron chi connectivity index (χ2n) is 5.09. The molecule has 2 N–H and O–H groups in total. The Labute approximate surface area is 112 Å². The lowest BCUT2D eigenvalue weighted by molar-refractivity contribution is -0.00687. The van der Waals surface area contributed by atoms with E-state index in [1.807, 2.05) is 13.8 Å². The third kappa shape index (κ3) is 8.86. The van der Waals surface area contributed by atoms with E-state index in [4.69, 9.17) is 9.47 Å². The quantitative estimate of drug-likeness (QED) is 0.527. The zero-order valence-electron chi connectivity index (χ0n) is 12.5. The van der Waals surface area contributed by atoms with Crippen LogP contribution >= 0.6 is 0 Å².